The molecule has 0 aliphatic heterocycles. The first-order valence-corrected chi connectivity index (χ1v) is 11.4. The van der Waals surface area contributed by atoms with E-state index in [1.54, 1.807) is 12.4 Å². The molecular weight excluding hydrogens is 466 g/mol. The van der Waals surface area contributed by atoms with E-state index in [1.807, 2.05) is 24.3 Å². The molecule has 0 fully saturated rings. The fraction of sp³-hybridized carbons (Fsp3) is 0.348. The number of carbonyl (C=O) groups is 3. The van der Waals surface area contributed by atoms with Crippen molar-refractivity contribution >= 4 is 34.6 Å². The predicted octanol–water partition coefficient (Wildman–Crippen LogP) is -0.889. The van der Waals surface area contributed by atoms with Crippen molar-refractivity contribution in [2.75, 3.05) is 6.54 Å². The van der Waals surface area contributed by atoms with Gasteiger partial charge >= 0.3 is 5.97 Å². The second kappa shape index (κ2) is 12.4. The Bertz CT molecular complexity index is 1200. The third-order valence-corrected chi connectivity index (χ3v) is 5.62. The number of para-hydroxylation sites is 1. The van der Waals surface area contributed by atoms with Crippen LogP contribution in [0.5, 0.6) is 0 Å². The van der Waals surface area contributed by atoms with Gasteiger partial charge in [0.1, 0.15) is 12.1 Å². The summed E-state index contributed by atoms with van der Waals surface area (Å²) in [7, 11) is 0. The van der Waals surface area contributed by atoms with Gasteiger partial charge in [0.15, 0.2) is 5.96 Å². The second-order valence-corrected chi connectivity index (χ2v) is 8.36. The molecule has 36 heavy (non-hydrogen) atoms. The molecule has 0 radical (unpaired) electrons. The molecule has 0 bridgehead atoms. The number of nitrogens with two attached hydrogens (primary N) is 3. The number of nitrogens with one attached hydrogen (secondary N) is 4. The molecule has 2 heterocycles. The topological polar surface area (TPSA) is 230 Å². The van der Waals surface area contributed by atoms with Crippen molar-refractivity contribution in [1.82, 2.24) is 25.6 Å². The number of carboxylic acids is 1. The molecule has 2 amide bonds. The SMILES string of the molecule is NC(N)=NCCCC(NC(=O)C(N)Cc1cnc[nH]1)C(=O)NC(Cc1c[nH]c2ccccc12)C(=O)O. The van der Waals surface area contributed by atoms with Gasteiger partial charge in [-0.25, -0.2) is 9.78 Å². The minimum absolute atomic E-state index is 0.0547. The van der Waals surface area contributed by atoms with Crippen molar-refractivity contribution in [3.63, 3.8) is 0 Å². The highest BCUT2D eigenvalue weighted by atomic mass is 16.4. The number of aliphatic carboxylic acids is 1. The molecule has 0 saturated carbocycles. The van der Waals surface area contributed by atoms with E-state index in [9.17, 15) is 19.5 Å². The highest BCUT2D eigenvalue weighted by Gasteiger charge is 2.28. The molecule has 0 saturated heterocycles. The van der Waals surface area contributed by atoms with Gasteiger partial charge in [-0.15, -0.1) is 0 Å². The molecule has 192 valence electrons. The lowest BCUT2D eigenvalue weighted by Gasteiger charge is -2.23. The first-order valence-electron chi connectivity index (χ1n) is 11.4. The molecule has 3 aromatic rings. The summed E-state index contributed by atoms with van der Waals surface area (Å²) >= 11 is 0. The number of aliphatic imine (C=N–C) groups is 1. The van der Waals surface area contributed by atoms with E-state index in [1.165, 1.54) is 6.33 Å². The number of benzene rings is 1. The van der Waals surface area contributed by atoms with Crippen molar-refractivity contribution in [2.24, 2.45) is 22.2 Å². The van der Waals surface area contributed by atoms with Crippen molar-refractivity contribution < 1.29 is 19.5 Å². The van der Waals surface area contributed by atoms with Gasteiger partial charge in [-0.2, -0.15) is 0 Å². The maximum Gasteiger partial charge on any atom is 0.326 e. The summed E-state index contributed by atoms with van der Waals surface area (Å²) in [4.78, 5) is 51.5. The molecule has 1 aromatic carbocycles. The number of aromatic amines is 2. The van der Waals surface area contributed by atoms with Crippen molar-refractivity contribution in [3.05, 3.63) is 54.2 Å². The van der Waals surface area contributed by atoms with E-state index >= 15 is 0 Å². The molecule has 3 unspecified atom stereocenters. The molecule has 3 atom stereocenters. The number of rotatable bonds is 13. The van der Waals surface area contributed by atoms with E-state index in [0.29, 0.717) is 12.1 Å². The van der Waals surface area contributed by atoms with Crippen LogP contribution >= 0.6 is 0 Å². The van der Waals surface area contributed by atoms with Gasteiger partial charge in [0, 0.05) is 48.4 Å². The van der Waals surface area contributed by atoms with Crippen LogP contribution in [-0.4, -0.2) is 68.5 Å². The number of carbonyl (C=O) groups excluding carboxylic acids is 2. The summed E-state index contributed by atoms with van der Waals surface area (Å²) in [5.41, 5.74) is 19.0. The summed E-state index contributed by atoms with van der Waals surface area (Å²) in [5.74, 6) is -2.49. The van der Waals surface area contributed by atoms with E-state index in [0.717, 1.165) is 16.5 Å². The average molecular weight is 498 g/mol. The zero-order valence-corrected chi connectivity index (χ0v) is 19.6. The highest BCUT2D eigenvalue weighted by Crippen LogP contribution is 2.19. The Morgan fingerprint density at radius 2 is 1.81 bits per heavy atom. The quantitative estimate of drug-likeness (QED) is 0.0836. The van der Waals surface area contributed by atoms with Crippen molar-refractivity contribution in [1.29, 1.82) is 0 Å². The van der Waals surface area contributed by atoms with Crippen LogP contribution in [0.15, 0.2) is 48.0 Å². The molecular formula is C23H31N9O4. The van der Waals surface area contributed by atoms with E-state index in [-0.39, 0.29) is 31.8 Å². The summed E-state index contributed by atoms with van der Waals surface area (Å²) in [6.45, 7) is 0.236. The van der Waals surface area contributed by atoms with Crippen LogP contribution in [0.25, 0.3) is 10.9 Å². The fourth-order valence-electron chi connectivity index (χ4n) is 3.77. The van der Waals surface area contributed by atoms with Crippen LogP contribution in [0.2, 0.25) is 0 Å². The van der Waals surface area contributed by atoms with Crippen LogP contribution in [0.3, 0.4) is 0 Å². The lowest BCUT2D eigenvalue weighted by Crippen LogP contribution is -2.55. The number of fused-ring (bicyclic) bond motifs is 1. The highest BCUT2D eigenvalue weighted by molar-refractivity contribution is 5.92. The van der Waals surface area contributed by atoms with Gasteiger partial charge in [-0.3, -0.25) is 14.6 Å². The molecule has 0 aliphatic carbocycles. The Hall–Kier alpha value is -4.39. The van der Waals surface area contributed by atoms with E-state index in [2.05, 4.69) is 30.6 Å². The number of H-pyrrole nitrogens is 2. The van der Waals surface area contributed by atoms with Gasteiger partial charge in [-0.05, 0) is 24.5 Å². The second-order valence-electron chi connectivity index (χ2n) is 8.36. The van der Waals surface area contributed by atoms with Crippen LogP contribution < -0.4 is 27.8 Å². The molecule has 13 heteroatoms. The molecule has 11 N–H and O–H groups in total. The largest absolute Gasteiger partial charge is 0.480 e. The molecule has 2 aromatic heterocycles. The summed E-state index contributed by atoms with van der Waals surface area (Å²) in [6, 6.07) is 4.27. The van der Waals surface area contributed by atoms with Gasteiger partial charge < -0.3 is 42.9 Å². The van der Waals surface area contributed by atoms with E-state index in [4.69, 9.17) is 17.2 Å². The van der Waals surface area contributed by atoms with Gasteiger partial charge in [0.05, 0.1) is 12.4 Å². The first kappa shape index (κ1) is 26.2. The molecule has 13 nitrogen and oxygen atoms in total. The maximum absolute atomic E-state index is 13.1. The number of nitrogens with zero attached hydrogens (tertiary/aromatic N) is 2. The number of guanidine groups is 1. The normalized spacial score (nSPS) is 13.5. The van der Waals surface area contributed by atoms with E-state index < -0.39 is 35.9 Å². The molecule has 3 rings (SSSR count). The average Bonchev–Trinajstić information content (AvgIpc) is 3.50. The Labute approximate surface area is 206 Å². The summed E-state index contributed by atoms with van der Waals surface area (Å²) in [6.07, 6.45) is 5.52. The summed E-state index contributed by atoms with van der Waals surface area (Å²) < 4.78 is 0. The number of carboxylic acid groups (broad SMARTS) is 1. The number of hydrogen-bond donors (Lipinski definition) is 8. The molecule has 0 spiro atoms. The lowest BCUT2D eigenvalue weighted by atomic mass is 10.0. The third kappa shape index (κ3) is 7.30. The number of imidazole rings is 1. The standard InChI is InChI=1S/C23H31N9O4/c24-16(9-14-11-27-12-30-14)20(33)31-18(6-3-7-28-23(25)26)21(34)32-19(22(35)36)8-13-10-29-17-5-2-1-4-15(13)17/h1-2,4-5,10-12,16,18-19,29H,3,6-9,24H2,(H,27,30)(H,31,33)(H,32,34)(H,35,36)(H4,25,26,28). The minimum atomic E-state index is -1.22. The maximum atomic E-state index is 13.1. The number of amides is 2. The monoisotopic (exact) mass is 497 g/mol. The Morgan fingerprint density at radius 1 is 1.06 bits per heavy atom. The van der Waals surface area contributed by atoms with Gasteiger partial charge in [0.25, 0.3) is 0 Å². The fourth-order valence-corrected chi connectivity index (χ4v) is 3.77. The lowest BCUT2D eigenvalue weighted by molar-refractivity contribution is -0.142. The van der Waals surface area contributed by atoms with Crippen LogP contribution in [0.4, 0.5) is 0 Å². The number of hydrogen-bond acceptors (Lipinski definition) is 6. The zero-order chi connectivity index (χ0) is 26.1. The smallest absolute Gasteiger partial charge is 0.326 e. The number of aromatic nitrogens is 3. The first-order chi connectivity index (χ1) is 17.2. The van der Waals surface area contributed by atoms with Crippen LogP contribution in [-0.2, 0) is 27.2 Å². The van der Waals surface area contributed by atoms with Gasteiger partial charge in [0.2, 0.25) is 11.8 Å². The van der Waals surface area contributed by atoms with Gasteiger partial charge in [-0.1, -0.05) is 18.2 Å². The Kier molecular flexibility index (Phi) is 9.00. The Morgan fingerprint density at radius 3 is 2.50 bits per heavy atom. The minimum Gasteiger partial charge on any atom is -0.480 e. The van der Waals surface area contributed by atoms with Crippen LogP contribution in [0.1, 0.15) is 24.1 Å². The van der Waals surface area contributed by atoms with Crippen LogP contribution in [0, 0.1) is 0 Å². The van der Waals surface area contributed by atoms with Crippen molar-refractivity contribution in [3.8, 4) is 0 Å². The third-order valence-electron chi connectivity index (χ3n) is 5.62. The molecule has 0 aliphatic rings. The Balaban J connectivity index is 1.69. The zero-order valence-electron chi connectivity index (χ0n) is 19.6. The summed E-state index contributed by atoms with van der Waals surface area (Å²) in [5, 5.41) is 15.8. The predicted molar refractivity (Wildman–Crippen MR) is 134 cm³/mol. The van der Waals surface area contributed by atoms with Crippen molar-refractivity contribution in [2.45, 2.75) is 43.8 Å².